The molecule has 2 atom stereocenters. The Bertz CT molecular complexity index is 594. The highest BCUT2D eigenvalue weighted by atomic mass is 35.5. The molecule has 0 radical (unpaired) electrons. The summed E-state index contributed by atoms with van der Waals surface area (Å²) in [5, 5.41) is 3.87. The first-order chi connectivity index (χ1) is 11.6. The summed E-state index contributed by atoms with van der Waals surface area (Å²) in [6.45, 7) is 6.14. The number of fused-ring (bicyclic) bond motifs is 1. The van der Waals surface area contributed by atoms with Gasteiger partial charge in [-0.05, 0) is 56.8 Å². The number of amides is 1. The van der Waals surface area contributed by atoms with Crippen molar-refractivity contribution in [2.45, 2.75) is 19.8 Å². The summed E-state index contributed by atoms with van der Waals surface area (Å²) >= 11 is 6.30. The van der Waals surface area contributed by atoms with Gasteiger partial charge in [0.1, 0.15) is 0 Å². The smallest absolute Gasteiger partial charge is 0.254 e. The van der Waals surface area contributed by atoms with Crippen molar-refractivity contribution in [2.24, 2.45) is 11.8 Å². The number of likely N-dealkylation sites (tertiary alicyclic amines) is 1. The number of carbonyl (C=O) groups excluding carboxylic acids is 1. The number of rotatable bonds is 4. The van der Waals surface area contributed by atoms with Crippen molar-refractivity contribution < 1.29 is 14.3 Å². The Kier molecular flexibility index (Phi) is 5.51. The van der Waals surface area contributed by atoms with E-state index in [0.29, 0.717) is 40.5 Å². The normalized spacial score (nSPS) is 23.5. The number of nitrogens with zero attached hydrogens (tertiary/aromatic N) is 1. The predicted octanol–water partition coefficient (Wildman–Crippen LogP) is 2.82. The van der Waals surface area contributed by atoms with E-state index in [4.69, 9.17) is 21.1 Å². The van der Waals surface area contributed by atoms with Gasteiger partial charge in [-0.2, -0.15) is 0 Å². The Morgan fingerprint density at radius 1 is 1.29 bits per heavy atom. The van der Waals surface area contributed by atoms with Gasteiger partial charge in [-0.3, -0.25) is 4.79 Å². The van der Waals surface area contributed by atoms with E-state index in [9.17, 15) is 4.79 Å². The molecule has 0 aromatic heterocycles. The molecular weight excluding hydrogens is 328 g/mol. The van der Waals surface area contributed by atoms with E-state index in [-0.39, 0.29) is 5.91 Å². The molecular formula is C18H25ClN2O3. The zero-order chi connectivity index (χ0) is 17.1. The molecule has 2 saturated heterocycles. The van der Waals surface area contributed by atoms with Crippen LogP contribution in [0.15, 0.2) is 12.1 Å². The maximum Gasteiger partial charge on any atom is 0.254 e. The van der Waals surface area contributed by atoms with Crippen molar-refractivity contribution >= 4 is 17.5 Å². The molecule has 1 aromatic rings. The molecule has 1 aromatic carbocycles. The maximum atomic E-state index is 12.9. The third-order valence-electron chi connectivity index (χ3n) is 5.07. The molecule has 2 aliphatic rings. The number of benzene rings is 1. The van der Waals surface area contributed by atoms with Crippen LogP contribution in [0.5, 0.6) is 11.5 Å². The van der Waals surface area contributed by atoms with Crippen LogP contribution in [0.1, 0.15) is 30.1 Å². The Morgan fingerprint density at radius 2 is 1.96 bits per heavy atom. The topological polar surface area (TPSA) is 50.8 Å². The van der Waals surface area contributed by atoms with Crippen LogP contribution in [0.2, 0.25) is 5.02 Å². The minimum Gasteiger partial charge on any atom is -0.493 e. The molecule has 2 fully saturated rings. The predicted molar refractivity (Wildman–Crippen MR) is 94.2 cm³/mol. The molecule has 2 aliphatic heterocycles. The molecule has 2 heterocycles. The van der Waals surface area contributed by atoms with Gasteiger partial charge in [-0.15, -0.1) is 0 Å². The number of hydrogen-bond donors (Lipinski definition) is 1. The summed E-state index contributed by atoms with van der Waals surface area (Å²) in [5.74, 6) is 2.41. The number of carbonyl (C=O) groups is 1. The first-order valence-corrected chi connectivity index (χ1v) is 9.02. The highest BCUT2D eigenvalue weighted by Gasteiger charge is 2.32. The molecule has 3 rings (SSSR count). The second kappa shape index (κ2) is 7.62. The quantitative estimate of drug-likeness (QED) is 0.905. The van der Waals surface area contributed by atoms with Crippen molar-refractivity contribution in [3.8, 4) is 11.5 Å². The van der Waals surface area contributed by atoms with Gasteiger partial charge in [0.15, 0.2) is 11.5 Å². The van der Waals surface area contributed by atoms with Crippen LogP contribution < -0.4 is 14.8 Å². The van der Waals surface area contributed by atoms with E-state index < -0.39 is 0 Å². The standard InChI is InChI=1S/C18H25ClN2O3/c1-3-24-17-15(19)8-14(9-16(17)23-2)18(22)21-6-4-12-10-20-11-13(12)5-7-21/h8-9,12-13,20H,3-7,10-11H2,1-2H3/t12-,13+. The third kappa shape index (κ3) is 3.47. The molecule has 0 unspecified atom stereocenters. The molecule has 0 bridgehead atoms. The number of halogens is 1. The van der Waals surface area contributed by atoms with Crippen molar-refractivity contribution in [3.05, 3.63) is 22.7 Å². The SMILES string of the molecule is CCOc1c(Cl)cc(C(=O)N2CC[C@@H]3CNC[C@@H]3CC2)cc1OC. The van der Waals surface area contributed by atoms with E-state index in [1.807, 2.05) is 11.8 Å². The lowest BCUT2D eigenvalue weighted by Crippen LogP contribution is -2.32. The Labute approximate surface area is 148 Å². The summed E-state index contributed by atoms with van der Waals surface area (Å²) in [4.78, 5) is 14.9. The first kappa shape index (κ1) is 17.4. The summed E-state index contributed by atoms with van der Waals surface area (Å²) < 4.78 is 10.9. The summed E-state index contributed by atoms with van der Waals surface area (Å²) in [5.41, 5.74) is 0.561. The average molecular weight is 353 g/mol. The number of hydrogen-bond acceptors (Lipinski definition) is 4. The number of methoxy groups -OCH3 is 1. The fraction of sp³-hybridized carbons (Fsp3) is 0.611. The van der Waals surface area contributed by atoms with E-state index in [0.717, 1.165) is 39.0 Å². The average Bonchev–Trinajstić information content (AvgIpc) is 2.94. The fourth-order valence-electron chi connectivity index (χ4n) is 3.73. The summed E-state index contributed by atoms with van der Waals surface area (Å²) in [6.07, 6.45) is 2.12. The lowest BCUT2D eigenvalue weighted by atomic mass is 9.92. The van der Waals surface area contributed by atoms with Crippen molar-refractivity contribution in [1.82, 2.24) is 10.2 Å². The van der Waals surface area contributed by atoms with Gasteiger partial charge >= 0.3 is 0 Å². The van der Waals surface area contributed by atoms with Crippen LogP contribution in [0.3, 0.4) is 0 Å². The first-order valence-electron chi connectivity index (χ1n) is 8.64. The zero-order valence-corrected chi connectivity index (χ0v) is 15.1. The zero-order valence-electron chi connectivity index (χ0n) is 14.3. The molecule has 5 nitrogen and oxygen atoms in total. The molecule has 0 aliphatic carbocycles. The van der Waals surface area contributed by atoms with E-state index in [2.05, 4.69) is 5.32 Å². The van der Waals surface area contributed by atoms with Gasteiger partial charge in [0.05, 0.1) is 18.7 Å². The second-order valence-corrected chi connectivity index (χ2v) is 6.88. The van der Waals surface area contributed by atoms with Gasteiger partial charge in [-0.25, -0.2) is 0 Å². The molecule has 1 amide bonds. The Morgan fingerprint density at radius 3 is 2.54 bits per heavy atom. The van der Waals surface area contributed by atoms with Crippen molar-refractivity contribution in [2.75, 3.05) is 39.9 Å². The van der Waals surface area contributed by atoms with Crippen molar-refractivity contribution in [1.29, 1.82) is 0 Å². The van der Waals surface area contributed by atoms with Crippen molar-refractivity contribution in [3.63, 3.8) is 0 Å². The molecule has 24 heavy (non-hydrogen) atoms. The van der Waals surface area contributed by atoms with Gasteiger partial charge in [0.25, 0.3) is 5.91 Å². The minimum absolute atomic E-state index is 0.0196. The molecule has 6 heteroatoms. The summed E-state index contributed by atoms with van der Waals surface area (Å²) in [7, 11) is 1.56. The molecule has 0 saturated carbocycles. The molecule has 1 N–H and O–H groups in total. The van der Waals surface area contributed by atoms with E-state index in [1.165, 1.54) is 0 Å². The van der Waals surface area contributed by atoms with Gasteiger partial charge in [0.2, 0.25) is 0 Å². The molecule has 0 spiro atoms. The lowest BCUT2D eigenvalue weighted by molar-refractivity contribution is 0.0758. The van der Waals surface area contributed by atoms with Gasteiger partial charge in [0, 0.05) is 18.7 Å². The van der Waals surface area contributed by atoms with Crippen LogP contribution in [0.4, 0.5) is 0 Å². The monoisotopic (exact) mass is 352 g/mol. The van der Waals surface area contributed by atoms with Gasteiger partial charge < -0.3 is 19.7 Å². The Hall–Kier alpha value is -1.46. The fourth-order valence-corrected chi connectivity index (χ4v) is 4.00. The van der Waals surface area contributed by atoms with Gasteiger partial charge in [-0.1, -0.05) is 11.6 Å². The van der Waals surface area contributed by atoms with E-state index >= 15 is 0 Å². The van der Waals surface area contributed by atoms with Crippen LogP contribution in [-0.4, -0.2) is 50.7 Å². The second-order valence-electron chi connectivity index (χ2n) is 6.47. The Balaban J connectivity index is 1.78. The largest absolute Gasteiger partial charge is 0.493 e. The maximum absolute atomic E-state index is 12.9. The van der Waals surface area contributed by atoms with Crippen LogP contribution in [0.25, 0.3) is 0 Å². The molecule has 132 valence electrons. The lowest BCUT2D eigenvalue weighted by Gasteiger charge is -2.22. The number of ether oxygens (including phenoxy) is 2. The highest BCUT2D eigenvalue weighted by molar-refractivity contribution is 6.32. The van der Waals surface area contributed by atoms with E-state index in [1.54, 1.807) is 19.2 Å². The van der Waals surface area contributed by atoms with Crippen LogP contribution in [0, 0.1) is 11.8 Å². The third-order valence-corrected chi connectivity index (χ3v) is 5.35. The number of nitrogens with one attached hydrogen (secondary N) is 1. The summed E-state index contributed by atoms with van der Waals surface area (Å²) in [6, 6.07) is 3.41. The minimum atomic E-state index is 0.0196. The highest BCUT2D eigenvalue weighted by Crippen LogP contribution is 2.37. The van der Waals surface area contributed by atoms with Crippen LogP contribution in [-0.2, 0) is 0 Å². The van der Waals surface area contributed by atoms with Crippen LogP contribution >= 0.6 is 11.6 Å².